The van der Waals surface area contributed by atoms with Crippen LogP contribution in [0.25, 0.3) is 22.3 Å². The van der Waals surface area contributed by atoms with Crippen molar-refractivity contribution < 1.29 is 23.5 Å². The number of amides is 3. The number of fused-ring (bicyclic) bond motifs is 2. The van der Waals surface area contributed by atoms with E-state index in [1.54, 1.807) is 10.7 Å². The van der Waals surface area contributed by atoms with Gasteiger partial charge in [0.2, 0.25) is 11.8 Å². The van der Waals surface area contributed by atoms with E-state index in [-0.39, 0.29) is 30.6 Å². The van der Waals surface area contributed by atoms with Crippen molar-refractivity contribution in [3.63, 3.8) is 0 Å². The van der Waals surface area contributed by atoms with E-state index < -0.39 is 24.2 Å². The monoisotopic (exact) mass is 660 g/mol. The van der Waals surface area contributed by atoms with Gasteiger partial charge in [0.25, 0.3) is 5.91 Å². The number of rotatable bonds is 7. The molecule has 2 aromatic heterocycles. The molecule has 0 saturated carbocycles. The van der Waals surface area contributed by atoms with Crippen LogP contribution in [0.3, 0.4) is 0 Å². The minimum atomic E-state index is -1.23. The number of alkyl halides is 1. The van der Waals surface area contributed by atoms with E-state index in [4.69, 9.17) is 15.6 Å². The Kier molecular flexibility index (Phi) is 7.75. The standard InChI is InChI=1S/C36H33FN8O4/c37-27-19-43(17-21-6-11-26-23(16-21)18-44(36(26)48)29-12-13-30(46)41-35(29)47)15-14-28(27)45-34-31(33(38)39-20-40-34)32(42-45)22-7-9-25(10-8-22)49-24-4-2-1-3-5-24/h1-11,16,20,27-29H,12-15,17-19H2,(H2,38,39,40)(H,41,46,47)/t27-,28+,29?/m1/s1. The van der Waals surface area contributed by atoms with Gasteiger partial charge in [-0.3, -0.25) is 24.6 Å². The molecule has 3 aliphatic heterocycles. The Hall–Kier alpha value is -5.69. The number of carbonyl (C=O) groups excluding carboxylic acids is 3. The van der Waals surface area contributed by atoms with Gasteiger partial charge in [0.1, 0.15) is 41.6 Å². The molecule has 2 saturated heterocycles. The number of halogens is 1. The molecule has 8 rings (SSSR count). The van der Waals surface area contributed by atoms with Crippen molar-refractivity contribution in [1.82, 2.24) is 34.9 Å². The molecule has 0 bridgehead atoms. The highest BCUT2D eigenvalue weighted by molar-refractivity contribution is 6.05. The molecule has 3 atom stereocenters. The Morgan fingerprint density at radius 3 is 2.53 bits per heavy atom. The van der Waals surface area contributed by atoms with Gasteiger partial charge in [-0.25, -0.2) is 19.0 Å². The number of carbonyl (C=O) groups is 3. The minimum Gasteiger partial charge on any atom is -0.457 e. The van der Waals surface area contributed by atoms with Crippen molar-refractivity contribution in [2.45, 2.75) is 50.6 Å². The zero-order valence-corrected chi connectivity index (χ0v) is 26.5. The number of imide groups is 1. The fraction of sp³-hybridized carbons (Fsp3) is 0.278. The van der Waals surface area contributed by atoms with Crippen molar-refractivity contribution in [1.29, 1.82) is 0 Å². The third kappa shape index (κ3) is 5.75. The number of piperidine rings is 2. The molecule has 0 radical (unpaired) electrons. The first-order valence-electron chi connectivity index (χ1n) is 16.3. The summed E-state index contributed by atoms with van der Waals surface area (Å²) in [5.74, 6) is 0.696. The molecule has 3 N–H and O–H groups in total. The number of aromatic nitrogens is 4. The van der Waals surface area contributed by atoms with Crippen LogP contribution >= 0.6 is 0 Å². The second-order valence-corrected chi connectivity index (χ2v) is 12.7. The van der Waals surface area contributed by atoms with Gasteiger partial charge >= 0.3 is 0 Å². The van der Waals surface area contributed by atoms with Gasteiger partial charge in [0.05, 0.1) is 11.4 Å². The SMILES string of the molecule is Nc1ncnc2c1c(-c1ccc(Oc3ccccc3)cc1)nn2[C@H]1CCN(Cc2ccc3c(c2)CN(C2CCC(=O)NC2=O)C3=O)C[C@H]1F. The third-order valence-corrected chi connectivity index (χ3v) is 9.52. The molecule has 0 aliphatic carbocycles. The molecular weight excluding hydrogens is 627 g/mol. The molecule has 49 heavy (non-hydrogen) atoms. The number of nitrogens with one attached hydrogen (secondary N) is 1. The lowest BCUT2D eigenvalue weighted by molar-refractivity contribution is -0.136. The number of para-hydroxylation sites is 1. The first-order chi connectivity index (χ1) is 23.8. The predicted molar refractivity (Wildman–Crippen MR) is 178 cm³/mol. The number of ether oxygens (including phenoxy) is 1. The molecule has 3 aliphatic rings. The van der Waals surface area contributed by atoms with Crippen molar-refractivity contribution in [2.24, 2.45) is 0 Å². The van der Waals surface area contributed by atoms with E-state index in [2.05, 4.69) is 20.2 Å². The van der Waals surface area contributed by atoms with Crippen LogP contribution in [0.4, 0.5) is 10.2 Å². The summed E-state index contributed by atoms with van der Waals surface area (Å²) in [6, 6.07) is 21.4. The van der Waals surface area contributed by atoms with Crippen molar-refractivity contribution in [3.05, 3.63) is 95.8 Å². The molecule has 248 valence electrons. The molecule has 0 spiro atoms. The minimum absolute atomic E-state index is 0.186. The first-order valence-corrected chi connectivity index (χ1v) is 16.3. The van der Waals surface area contributed by atoms with Crippen LogP contribution in [0.15, 0.2) is 79.1 Å². The Balaban J connectivity index is 0.972. The van der Waals surface area contributed by atoms with Gasteiger partial charge in [0.15, 0.2) is 5.65 Å². The normalized spacial score (nSPS) is 21.2. The Bertz CT molecular complexity index is 2090. The molecule has 3 aromatic carbocycles. The number of nitrogens with two attached hydrogens (primary N) is 1. The lowest BCUT2D eigenvalue weighted by atomic mass is 10.0. The number of likely N-dealkylation sites (tertiary alicyclic amines) is 1. The molecule has 5 heterocycles. The quantitative estimate of drug-likeness (QED) is 0.242. The van der Waals surface area contributed by atoms with Gasteiger partial charge < -0.3 is 15.4 Å². The number of hydrogen-bond donors (Lipinski definition) is 2. The average Bonchev–Trinajstić information content (AvgIpc) is 3.64. The molecule has 5 aromatic rings. The number of benzene rings is 3. The third-order valence-electron chi connectivity index (χ3n) is 9.52. The number of nitrogens with zero attached hydrogens (tertiary/aromatic N) is 6. The van der Waals surface area contributed by atoms with Crippen LogP contribution in [-0.4, -0.2) is 72.6 Å². The predicted octanol–water partition coefficient (Wildman–Crippen LogP) is 4.41. The van der Waals surface area contributed by atoms with E-state index in [0.29, 0.717) is 60.5 Å². The Morgan fingerprint density at radius 2 is 1.76 bits per heavy atom. The van der Waals surface area contributed by atoms with Crippen LogP contribution in [0.1, 0.15) is 46.8 Å². The summed E-state index contributed by atoms with van der Waals surface area (Å²) < 4.78 is 23.7. The lowest BCUT2D eigenvalue weighted by Gasteiger charge is -2.34. The zero-order valence-electron chi connectivity index (χ0n) is 26.5. The van der Waals surface area contributed by atoms with Crippen molar-refractivity contribution in [2.75, 3.05) is 18.8 Å². The summed E-state index contributed by atoms with van der Waals surface area (Å²) in [4.78, 5) is 49.4. The highest BCUT2D eigenvalue weighted by atomic mass is 19.1. The molecule has 3 amide bonds. The van der Waals surface area contributed by atoms with E-state index in [9.17, 15) is 14.4 Å². The molecule has 1 unspecified atom stereocenters. The van der Waals surface area contributed by atoms with Gasteiger partial charge in [-0.2, -0.15) is 5.10 Å². The smallest absolute Gasteiger partial charge is 0.255 e. The number of hydrogen-bond acceptors (Lipinski definition) is 9. The van der Waals surface area contributed by atoms with Gasteiger partial charge in [-0.15, -0.1) is 0 Å². The fourth-order valence-electron chi connectivity index (χ4n) is 7.09. The van der Waals surface area contributed by atoms with E-state index >= 15 is 4.39 Å². The maximum absolute atomic E-state index is 16.1. The van der Waals surface area contributed by atoms with Crippen molar-refractivity contribution >= 4 is 34.6 Å². The van der Waals surface area contributed by atoms with E-state index in [1.807, 2.05) is 66.7 Å². The summed E-state index contributed by atoms with van der Waals surface area (Å²) in [6.07, 6.45) is 1.15. The number of anilines is 1. The number of nitrogen functional groups attached to an aromatic ring is 1. The van der Waals surface area contributed by atoms with E-state index in [1.165, 1.54) is 11.2 Å². The van der Waals surface area contributed by atoms with Crippen LogP contribution in [0.5, 0.6) is 11.5 Å². The average molecular weight is 661 g/mol. The van der Waals surface area contributed by atoms with Crippen LogP contribution in [-0.2, 0) is 22.7 Å². The second kappa shape index (κ2) is 12.4. The molecule has 13 heteroatoms. The Morgan fingerprint density at radius 1 is 0.959 bits per heavy atom. The molecule has 12 nitrogen and oxygen atoms in total. The van der Waals surface area contributed by atoms with Crippen LogP contribution in [0.2, 0.25) is 0 Å². The summed E-state index contributed by atoms with van der Waals surface area (Å²) in [5.41, 5.74) is 10.5. The maximum Gasteiger partial charge on any atom is 0.255 e. The Labute approximate surface area is 280 Å². The highest BCUT2D eigenvalue weighted by Gasteiger charge is 2.39. The largest absolute Gasteiger partial charge is 0.457 e. The highest BCUT2D eigenvalue weighted by Crippen LogP contribution is 2.36. The topological polar surface area (TPSA) is 149 Å². The van der Waals surface area contributed by atoms with Crippen LogP contribution in [0, 0.1) is 0 Å². The molecule has 2 fully saturated rings. The van der Waals surface area contributed by atoms with Gasteiger partial charge in [0, 0.05) is 43.7 Å². The second-order valence-electron chi connectivity index (χ2n) is 12.7. The van der Waals surface area contributed by atoms with E-state index in [0.717, 1.165) is 22.4 Å². The van der Waals surface area contributed by atoms with Crippen LogP contribution < -0.4 is 15.8 Å². The maximum atomic E-state index is 16.1. The zero-order chi connectivity index (χ0) is 33.6. The summed E-state index contributed by atoms with van der Waals surface area (Å²) >= 11 is 0. The lowest BCUT2D eigenvalue weighted by Crippen LogP contribution is -2.52. The van der Waals surface area contributed by atoms with Gasteiger partial charge in [-0.1, -0.05) is 30.3 Å². The van der Waals surface area contributed by atoms with Crippen molar-refractivity contribution in [3.8, 4) is 22.8 Å². The first kappa shape index (κ1) is 30.6. The summed E-state index contributed by atoms with van der Waals surface area (Å²) in [6.45, 7) is 1.60. The summed E-state index contributed by atoms with van der Waals surface area (Å²) in [5, 5.41) is 7.78. The fourth-order valence-corrected chi connectivity index (χ4v) is 7.09. The summed E-state index contributed by atoms with van der Waals surface area (Å²) in [7, 11) is 0. The van der Waals surface area contributed by atoms with Gasteiger partial charge in [-0.05, 0) is 66.4 Å². The molecular formula is C36H33FN8O4.